The van der Waals surface area contributed by atoms with Crippen molar-refractivity contribution in [2.75, 3.05) is 13.6 Å². The monoisotopic (exact) mass is 238 g/mol. The van der Waals surface area contributed by atoms with E-state index in [-0.39, 0.29) is 5.91 Å². The Bertz CT molecular complexity index is 373. The van der Waals surface area contributed by atoms with Gasteiger partial charge in [-0.15, -0.1) is 0 Å². The normalized spacial score (nSPS) is 12.1. The predicted molar refractivity (Wildman–Crippen MR) is 63.6 cm³/mol. The van der Waals surface area contributed by atoms with Crippen LogP contribution in [0.2, 0.25) is 0 Å². The molecule has 5 heteroatoms. The summed E-state index contributed by atoms with van der Waals surface area (Å²) in [5.41, 5.74) is 1.10. The molecule has 1 unspecified atom stereocenters. The minimum atomic E-state index is -1.05. The lowest BCUT2D eigenvalue weighted by atomic mass is 10.1. The third kappa shape index (κ3) is 3.62. The van der Waals surface area contributed by atoms with Crippen molar-refractivity contribution in [3.8, 4) is 0 Å². The molecule has 1 aromatic heterocycles. The minimum absolute atomic E-state index is 0.322. The predicted octanol–water partition coefficient (Wildman–Crippen LogP) is 1.13. The summed E-state index contributed by atoms with van der Waals surface area (Å²) in [5, 5.41) is 8.89. The Morgan fingerprint density at radius 3 is 2.71 bits per heavy atom. The molecule has 94 valence electrons. The van der Waals surface area contributed by atoms with Crippen molar-refractivity contribution in [1.82, 2.24) is 9.88 Å². The van der Waals surface area contributed by atoms with E-state index in [1.165, 1.54) is 4.90 Å². The first-order valence-electron chi connectivity index (χ1n) is 5.65. The Labute approximate surface area is 100 Å². The Morgan fingerprint density at radius 1 is 1.53 bits per heavy atom. The lowest BCUT2D eigenvalue weighted by molar-refractivity contribution is -0.150. The zero-order chi connectivity index (χ0) is 12.8. The van der Waals surface area contributed by atoms with Crippen LogP contribution in [0.4, 0.5) is 0 Å². The second-order valence-corrected chi connectivity index (χ2v) is 4.03. The van der Waals surface area contributed by atoms with Gasteiger partial charge < -0.3 is 15.0 Å². The largest absolute Gasteiger partial charge is 0.481 e. The number of aromatic amines is 1. The number of carbonyl (C=O) groups is 2. The van der Waals surface area contributed by atoms with Crippen LogP contribution in [-0.4, -0.2) is 40.5 Å². The molecule has 17 heavy (non-hydrogen) atoms. The van der Waals surface area contributed by atoms with Gasteiger partial charge in [0.2, 0.25) is 5.91 Å². The van der Waals surface area contributed by atoms with Crippen LogP contribution in [0.1, 0.15) is 18.9 Å². The Hall–Kier alpha value is -1.78. The van der Waals surface area contributed by atoms with Crippen molar-refractivity contribution in [3.05, 3.63) is 24.0 Å². The molecular formula is C12H18N2O3. The highest BCUT2D eigenvalue weighted by Gasteiger charge is 2.26. The number of amides is 1. The zero-order valence-corrected chi connectivity index (χ0v) is 10.1. The lowest BCUT2D eigenvalue weighted by Gasteiger charge is -2.20. The number of carboxylic acid groups (broad SMARTS) is 1. The van der Waals surface area contributed by atoms with Gasteiger partial charge in [0.15, 0.2) is 0 Å². The smallest absolute Gasteiger partial charge is 0.316 e. The molecule has 1 atom stereocenters. The fourth-order valence-corrected chi connectivity index (χ4v) is 1.64. The van der Waals surface area contributed by atoms with Crippen LogP contribution in [-0.2, 0) is 16.0 Å². The molecule has 1 aromatic rings. The number of nitrogens with one attached hydrogen (secondary N) is 1. The molecule has 0 aromatic carbocycles. The summed E-state index contributed by atoms with van der Waals surface area (Å²) >= 11 is 0. The molecule has 5 nitrogen and oxygen atoms in total. The van der Waals surface area contributed by atoms with Crippen LogP contribution in [0.15, 0.2) is 18.5 Å². The molecular weight excluding hydrogens is 220 g/mol. The summed E-state index contributed by atoms with van der Waals surface area (Å²) in [6.45, 7) is 2.23. The van der Waals surface area contributed by atoms with Crippen molar-refractivity contribution in [1.29, 1.82) is 0 Å². The molecule has 0 fully saturated rings. The standard InChI is InChI=1S/C12H18N2O3/c1-3-10(12(16)17)11(15)14(2)7-5-9-4-6-13-8-9/h4,6,8,10,13H,3,5,7H2,1-2H3,(H,16,17). The number of hydrogen-bond donors (Lipinski definition) is 2. The van der Waals surface area contributed by atoms with E-state index in [0.717, 1.165) is 12.0 Å². The van der Waals surface area contributed by atoms with Crippen LogP contribution in [0.5, 0.6) is 0 Å². The molecule has 1 rings (SSSR count). The van der Waals surface area contributed by atoms with Crippen molar-refractivity contribution in [3.63, 3.8) is 0 Å². The summed E-state index contributed by atoms with van der Waals surface area (Å²) in [6.07, 6.45) is 4.74. The van der Waals surface area contributed by atoms with Crippen molar-refractivity contribution in [2.45, 2.75) is 19.8 Å². The van der Waals surface area contributed by atoms with Gasteiger partial charge in [-0.1, -0.05) is 6.92 Å². The quantitative estimate of drug-likeness (QED) is 0.729. The highest BCUT2D eigenvalue weighted by molar-refractivity contribution is 5.96. The first kappa shape index (κ1) is 13.3. The summed E-state index contributed by atoms with van der Waals surface area (Å²) < 4.78 is 0. The number of aliphatic carboxylic acids is 1. The maximum absolute atomic E-state index is 11.8. The summed E-state index contributed by atoms with van der Waals surface area (Å²) in [5.74, 6) is -2.30. The molecule has 0 radical (unpaired) electrons. The second kappa shape index (κ2) is 6.08. The lowest BCUT2D eigenvalue weighted by Crippen LogP contribution is -2.37. The SMILES string of the molecule is CCC(C(=O)O)C(=O)N(C)CCc1cc[nH]c1. The first-order chi connectivity index (χ1) is 8.06. The van der Waals surface area contributed by atoms with E-state index in [1.54, 1.807) is 14.0 Å². The van der Waals surface area contributed by atoms with Crippen LogP contribution in [0.3, 0.4) is 0 Å². The van der Waals surface area contributed by atoms with E-state index in [4.69, 9.17) is 5.11 Å². The molecule has 0 spiro atoms. The molecule has 2 N–H and O–H groups in total. The molecule has 0 bridgehead atoms. The molecule has 1 heterocycles. The van der Waals surface area contributed by atoms with E-state index >= 15 is 0 Å². The fraction of sp³-hybridized carbons (Fsp3) is 0.500. The first-order valence-corrected chi connectivity index (χ1v) is 5.65. The number of rotatable bonds is 6. The maximum atomic E-state index is 11.8. The van der Waals surface area contributed by atoms with Crippen molar-refractivity contribution in [2.24, 2.45) is 5.92 Å². The Morgan fingerprint density at radius 2 is 2.24 bits per heavy atom. The van der Waals surface area contributed by atoms with Crippen LogP contribution in [0.25, 0.3) is 0 Å². The zero-order valence-electron chi connectivity index (χ0n) is 10.1. The number of likely N-dealkylation sites (N-methyl/N-ethyl adjacent to an activating group) is 1. The highest BCUT2D eigenvalue weighted by atomic mass is 16.4. The summed E-state index contributed by atoms with van der Waals surface area (Å²) in [4.78, 5) is 27.1. The van der Waals surface area contributed by atoms with Gasteiger partial charge in [0.05, 0.1) is 0 Å². The summed E-state index contributed by atoms with van der Waals surface area (Å²) in [7, 11) is 1.64. The van der Waals surface area contributed by atoms with Gasteiger partial charge in [-0.05, 0) is 24.5 Å². The van der Waals surface area contributed by atoms with Crippen LogP contribution >= 0.6 is 0 Å². The second-order valence-electron chi connectivity index (χ2n) is 4.03. The van der Waals surface area contributed by atoms with Gasteiger partial charge in [0.25, 0.3) is 0 Å². The van der Waals surface area contributed by atoms with Gasteiger partial charge in [0.1, 0.15) is 5.92 Å². The average molecular weight is 238 g/mol. The topological polar surface area (TPSA) is 73.4 Å². The number of nitrogens with zero attached hydrogens (tertiary/aromatic N) is 1. The van der Waals surface area contributed by atoms with Gasteiger partial charge in [-0.3, -0.25) is 9.59 Å². The van der Waals surface area contributed by atoms with E-state index in [1.807, 2.05) is 18.5 Å². The number of H-pyrrole nitrogens is 1. The average Bonchev–Trinajstić information content (AvgIpc) is 2.78. The van der Waals surface area contributed by atoms with E-state index < -0.39 is 11.9 Å². The van der Waals surface area contributed by atoms with E-state index in [9.17, 15) is 9.59 Å². The molecule has 0 aliphatic heterocycles. The fourth-order valence-electron chi connectivity index (χ4n) is 1.64. The Balaban J connectivity index is 2.49. The number of carbonyl (C=O) groups excluding carboxylic acids is 1. The summed E-state index contributed by atoms with van der Waals surface area (Å²) in [6, 6.07) is 1.94. The number of carboxylic acids is 1. The van der Waals surface area contributed by atoms with Gasteiger partial charge >= 0.3 is 5.97 Å². The molecule has 1 amide bonds. The number of hydrogen-bond acceptors (Lipinski definition) is 2. The Kier molecular flexibility index (Phi) is 4.75. The maximum Gasteiger partial charge on any atom is 0.316 e. The minimum Gasteiger partial charge on any atom is -0.481 e. The number of aromatic nitrogens is 1. The molecule has 0 aliphatic carbocycles. The van der Waals surface area contributed by atoms with Gasteiger partial charge in [-0.2, -0.15) is 0 Å². The van der Waals surface area contributed by atoms with Crippen molar-refractivity contribution < 1.29 is 14.7 Å². The molecule has 0 saturated carbocycles. The van der Waals surface area contributed by atoms with Crippen LogP contribution in [0, 0.1) is 5.92 Å². The highest BCUT2D eigenvalue weighted by Crippen LogP contribution is 2.08. The van der Waals surface area contributed by atoms with E-state index in [2.05, 4.69) is 4.98 Å². The molecule has 0 aliphatic rings. The van der Waals surface area contributed by atoms with Crippen molar-refractivity contribution >= 4 is 11.9 Å². The third-order valence-electron chi connectivity index (χ3n) is 2.78. The van der Waals surface area contributed by atoms with E-state index in [0.29, 0.717) is 13.0 Å². The van der Waals surface area contributed by atoms with Gasteiger partial charge in [-0.25, -0.2) is 0 Å². The van der Waals surface area contributed by atoms with Gasteiger partial charge in [0, 0.05) is 26.0 Å². The third-order valence-corrected chi connectivity index (χ3v) is 2.78. The molecule has 0 saturated heterocycles. The van der Waals surface area contributed by atoms with Crippen LogP contribution < -0.4 is 0 Å².